The number of nitrogens with zero attached hydrogens (tertiary/aromatic N) is 4. The van der Waals surface area contributed by atoms with Crippen molar-refractivity contribution in [2.75, 3.05) is 5.43 Å². The molecule has 0 aromatic carbocycles. The molecular weight excluding hydrogens is 356 g/mol. The van der Waals surface area contributed by atoms with Crippen molar-refractivity contribution in [1.29, 1.82) is 0 Å². The number of hydrazone groups is 1. The van der Waals surface area contributed by atoms with Crippen LogP contribution in [0, 0.1) is 0 Å². The van der Waals surface area contributed by atoms with Crippen molar-refractivity contribution in [3.05, 3.63) is 26.4 Å². The maximum absolute atomic E-state index is 13.1. The fraction of sp³-hybridized carbons (Fsp3) is 0.750. The molecule has 152 valence electrons. The monoisotopic (exact) mass is 386 g/mol. The van der Waals surface area contributed by atoms with Gasteiger partial charge in [-0.2, -0.15) is 5.10 Å². The number of rotatable bonds is 1. The van der Waals surface area contributed by atoms with Gasteiger partial charge in [-0.25, -0.2) is 4.79 Å². The Labute approximate surface area is 164 Å². The molecule has 5 rings (SSSR count). The van der Waals surface area contributed by atoms with Crippen LogP contribution in [-0.4, -0.2) is 31.6 Å². The van der Waals surface area contributed by atoms with Crippen molar-refractivity contribution in [3.8, 4) is 0 Å². The Morgan fingerprint density at radius 1 is 0.964 bits per heavy atom. The van der Waals surface area contributed by atoms with Crippen LogP contribution in [0.2, 0.25) is 0 Å². The van der Waals surface area contributed by atoms with Crippen LogP contribution in [0.15, 0.2) is 14.7 Å². The predicted molar refractivity (Wildman–Crippen MR) is 108 cm³/mol. The molecule has 3 fully saturated rings. The van der Waals surface area contributed by atoms with E-state index < -0.39 is 0 Å². The lowest BCUT2D eigenvalue weighted by atomic mass is 9.85. The molecule has 8 heteroatoms. The number of fused-ring (bicyclic) bond motifs is 3. The molecule has 2 aliphatic carbocycles. The SMILES string of the molecule is Cn1c2c(c(=O)n(C)c1=O)C1NC3(CCCCC3)N(C3CCCCC3)C1=NN2. The molecule has 8 nitrogen and oxygen atoms in total. The van der Waals surface area contributed by atoms with Gasteiger partial charge in [0, 0.05) is 20.1 Å². The molecule has 1 saturated heterocycles. The number of hydrogen-bond acceptors (Lipinski definition) is 6. The van der Waals surface area contributed by atoms with E-state index >= 15 is 0 Å². The fourth-order valence-electron chi connectivity index (χ4n) is 5.85. The predicted octanol–water partition coefficient (Wildman–Crippen LogP) is 1.76. The van der Waals surface area contributed by atoms with Gasteiger partial charge < -0.3 is 4.90 Å². The number of hydrogen-bond donors (Lipinski definition) is 2. The summed E-state index contributed by atoms with van der Waals surface area (Å²) in [7, 11) is 3.25. The Kier molecular flexibility index (Phi) is 4.15. The molecule has 2 N–H and O–H groups in total. The highest BCUT2D eigenvalue weighted by atomic mass is 16.2. The van der Waals surface area contributed by atoms with E-state index in [0.717, 1.165) is 18.7 Å². The van der Waals surface area contributed by atoms with Crippen molar-refractivity contribution in [2.45, 2.75) is 82.0 Å². The smallest absolute Gasteiger partial charge is 0.332 e. The summed E-state index contributed by atoms with van der Waals surface area (Å²) < 4.78 is 2.71. The van der Waals surface area contributed by atoms with Crippen molar-refractivity contribution in [1.82, 2.24) is 19.4 Å². The van der Waals surface area contributed by atoms with Gasteiger partial charge in [-0.15, -0.1) is 0 Å². The Balaban J connectivity index is 1.65. The van der Waals surface area contributed by atoms with E-state index in [0.29, 0.717) is 17.4 Å². The minimum absolute atomic E-state index is 0.118. The normalized spacial score (nSPS) is 26.6. The highest BCUT2D eigenvalue weighted by molar-refractivity contribution is 5.95. The molecule has 2 aliphatic heterocycles. The molecule has 0 bridgehead atoms. The van der Waals surface area contributed by atoms with Crippen LogP contribution in [0.3, 0.4) is 0 Å². The first kappa shape index (κ1) is 18.0. The third kappa shape index (κ3) is 2.43. The summed E-state index contributed by atoms with van der Waals surface area (Å²) in [4.78, 5) is 28.0. The van der Waals surface area contributed by atoms with Crippen molar-refractivity contribution in [3.63, 3.8) is 0 Å². The van der Waals surface area contributed by atoms with Gasteiger partial charge >= 0.3 is 5.69 Å². The largest absolute Gasteiger partial charge is 0.336 e. The Bertz CT molecular complexity index is 933. The summed E-state index contributed by atoms with van der Waals surface area (Å²) >= 11 is 0. The summed E-state index contributed by atoms with van der Waals surface area (Å²) in [6.07, 6.45) is 12.0. The molecule has 1 atom stereocenters. The minimum Gasteiger partial charge on any atom is -0.336 e. The average molecular weight is 387 g/mol. The molecular formula is C20H30N6O2. The van der Waals surface area contributed by atoms with Gasteiger partial charge in [-0.1, -0.05) is 25.7 Å². The van der Waals surface area contributed by atoms with Gasteiger partial charge in [0.05, 0.1) is 11.2 Å². The second-order valence-electron chi connectivity index (χ2n) is 8.88. The maximum Gasteiger partial charge on any atom is 0.332 e. The second-order valence-corrected chi connectivity index (χ2v) is 8.88. The molecule has 1 aromatic heterocycles. The molecule has 1 spiro atoms. The summed E-state index contributed by atoms with van der Waals surface area (Å²) in [5.74, 6) is 1.46. The average Bonchev–Trinajstić information content (AvgIpc) is 3.04. The third-order valence-corrected chi connectivity index (χ3v) is 7.26. The second kappa shape index (κ2) is 6.47. The van der Waals surface area contributed by atoms with E-state index in [1.54, 1.807) is 14.1 Å². The highest BCUT2D eigenvalue weighted by Gasteiger charge is 2.54. The van der Waals surface area contributed by atoms with Crippen LogP contribution < -0.4 is 22.0 Å². The summed E-state index contributed by atoms with van der Waals surface area (Å²) in [6.45, 7) is 0. The zero-order valence-corrected chi connectivity index (χ0v) is 16.8. The van der Waals surface area contributed by atoms with Crippen molar-refractivity contribution in [2.24, 2.45) is 19.2 Å². The Morgan fingerprint density at radius 3 is 2.36 bits per heavy atom. The van der Waals surface area contributed by atoms with Crippen molar-refractivity contribution < 1.29 is 0 Å². The molecule has 1 aromatic rings. The molecule has 0 amide bonds. The molecule has 1 unspecified atom stereocenters. The number of aromatic nitrogens is 2. The van der Waals surface area contributed by atoms with E-state index in [1.807, 2.05) is 0 Å². The van der Waals surface area contributed by atoms with Crippen LogP contribution in [0.5, 0.6) is 0 Å². The Morgan fingerprint density at radius 2 is 1.64 bits per heavy atom. The lowest BCUT2D eigenvalue weighted by Crippen LogP contribution is -2.57. The standard InChI is InChI=1S/C20H30N6O2/c1-24-16-14(18(27)25(2)19(24)28)15-17(23-22-16)26(13-9-5-3-6-10-13)20(21-15)11-7-4-8-12-20/h13,15,21-22H,3-12H2,1-2H3. The van der Waals surface area contributed by atoms with Gasteiger partial charge in [0.25, 0.3) is 5.56 Å². The fourth-order valence-corrected chi connectivity index (χ4v) is 5.85. The first-order chi connectivity index (χ1) is 13.5. The maximum atomic E-state index is 13.1. The summed E-state index contributed by atoms with van der Waals surface area (Å²) in [5, 5.41) is 8.59. The molecule has 3 heterocycles. The Hall–Kier alpha value is -2.09. The molecule has 2 saturated carbocycles. The summed E-state index contributed by atoms with van der Waals surface area (Å²) in [6, 6.07) is 0.226. The van der Waals surface area contributed by atoms with Gasteiger partial charge in [0.15, 0.2) is 0 Å². The third-order valence-electron chi connectivity index (χ3n) is 7.26. The number of amidine groups is 1. The first-order valence-electron chi connectivity index (χ1n) is 10.7. The quantitative estimate of drug-likeness (QED) is 0.768. The van der Waals surface area contributed by atoms with Gasteiger partial charge in [-0.3, -0.25) is 24.7 Å². The van der Waals surface area contributed by atoms with Gasteiger partial charge in [0.1, 0.15) is 17.7 Å². The molecule has 4 aliphatic rings. The van der Waals surface area contributed by atoms with Gasteiger partial charge in [-0.05, 0) is 38.5 Å². The van der Waals surface area contributed by atoms with E-state index in [-0.39, 0.29) is 23.0 Å². The van der Waals surface area contributed by atoms with Crippen LogP contribution >= 0.6 is 0 Å². The lowest BCUT2D eigenvalue weighted by molar-refractivity contribution is 0.0589. The van der Waals surface area contributed by atoms with E-state index in [4.69, 9.17) is 5.10 Å². The summed E-state index contributed by atoms with van der Waals surface area (Å²) in [5.41, 5.74) is 3.00. The van der Waals surface area contributed by atoms with Crippen molar-refractivity contribution >= 4 is 11.7 Å². The molecule has 0 radical (unpaired) electrons. The first-order valence-corrected chi connectivity index (χ1v) is 10.7. The zero-order valence-electron chi connectivity index (χ0n) is 16.8. The molecule has 28 heavy (non-hydrogen) atoms. The van der Waals surface area contributed by atoms with E-state index in [2.05, 4.69) is 15.6 Å². The van der Waals surface area contributed by atoms with Crippen LogP contribution in [0.1, 0.15) is 75.8 Å². The highest BCUT2D eigenvalue weighted by Crippen LogP contribution is 2.45. The lowest BCUT2D eigenvalue weighted by Gasteiger charge is -2.47. The number of nitrogens with one attached hydrogen (secondary N) is 2. The van der Waals surface area contributed by atoms with Crippen LogP contribution in [0.25, 0.3) is 0 Å². The minimum atomic E-state index is -0.329. The van der Waals surface area contributed by atoms with Gasteiger partial charge in [0.2, 0.25) is 0 Å². The van der Waals surface area contributed by atoms with E-state index in [9.17, 15) is 9.59 Å². The van der Waals surface area contributed by atoms with Crippen LogP contribution in [0.4, 0.5) is 5.82 Å². The van der Waals surface area contributed by atoms with Crippen LogP contribution in [-0.2, 0) is 14.1 Å². The number of anilines is 1. The van der Waals surface area contributed by atoms with E-state index in [1.165, 1.54) is 60.5 Å². The zero-order chi connectivity index (χ0) is 19.5. The topological polar surface area (TPSA) is 83.7 Å².